The normalized spacial score (nSPS) is 17.8. The summed E-state index contributed by atoms with van der Waals surface area (Å²) in [7, 11) is -2.14. The number of sulfonamides is 1. The number of nitrogens with two attached hydrogens (primary N) is 1. The number of hydrogen-bond acceptors (Lipinski definition) is 4. The Labute approximate surface area is 202 Å². The number of fused-ring (bicyclic) bond motifs is 1. The summed E-state index contributed by atoms with van der Waals surface area (Å²) in [6, 6.07) is 8.39. The van der Waals surface area contributed by atoms with Crippen LogP contribution in [0.5, 0.6) is 0 Å². The van der Waals surface area contributed by atoms with E-state index in [1.807, 2.05) is 12.1 Å². The summed E-state index contributed by atoms with van der Waals surface area (Å²) in [6.45, 7) is 0. The molecule has 0 bridgehead atoms. The van der Waals surface area contributed by atoms with Gasteiger partial charge in [0.25, 0.3) is 0 Å². The number of halogens is 2. The van der Waals surface area contributed by atoms with Crippen LogP contribution in [0.4, 0.5) is 10.5 Å². The maximum Gasteiger partial charge on any atom is 0.407 e. The molecule has 0 aromatic heterocycles. The van der Waals surface area contributed by atoms with Crippen molar-refractivity contribution in [2.75, 3.05) is 18.0 Å². The topological polar surface area (TPSA) is 130 Å². The van der Waals surface area contributed by atoms with Crippen LogP contribution in [0, 0.1) is 0 Å². The summed E-state index contributed by atoms with van der Waals surface area (Å²) in [5.41, 5.74) is 8.67. The number of carbonyl (C=O) groups excluding carboxylic acids is 1. The van der Waals surface area contributed by atoms with Crippen LogP contribution in [0.1, 0.15) is 53.5 Å². The molecule has 3 rings (SSSR count). The van der Waals surface area contributed by atoms with Gasteiger partial charge in [-0.3, -0.25) is 9.52 Å². The third-order valence-corrected chi connectivity index (χ3v) is 7.15. The number of rotatable bonds is 7. The van der Waals surface area contributed by atoms with Crippen LogP contribution in [0.2, 0.25) is 10.0 Å². The standard InChI is InChI=1S/C22H25Cl2N3O5S/c1-27(22(29)30)20-7-5-14(12-3-6-17(23)18(24)10-12)15-9-13(4-8-21(25)28)19(11-16(15)20)26-33(2,31)32/h3,6,9-11,14,20,26H,4-5,7-8H2,1-2H3,(H2,25,28)(H,29,30)/t14-,20-/m0/s1. The first kappa shape index (κ1) is 25.1. The van der Waals surface area contributed by atoms with Crippen LogP contribution in [-0.2, 0) is 21.2 Å². The zero-order chi connectivity index (χ0) is 24.5. The predicted molar refractivity (Wildman–Crippen MR) is 128 cm³/mol. The van der Waals surface area contributed by atoms with Gasteiger partial charge in [0.05, 0.1) is 28.0 Å². The molecule has 0 saturated heterocycles. The molecule has 178 valence electrons. The summed E-state index contributed by atoms with van der Waals surface area (Å²) in [4.78, 5) is 24.4. The zero-order valence-corrected chi connectivity index (χ0v) is 20.5. The molecule has 0 fully saturated rings. The SMILES string of the molecule is CN(C(=O)O)[C@H]1CC[C@@H](c2ccc(Cl)c(Cl)c2)c2cc(CCC(N)=O)c(NS(C)(=O)=O)cc21. The van der Waals surface area contributed by atoms with Crippen molar-refractivity contribution < 1.29 is 23.1 Å². The predicted octanol–water partition coefficient (Wildman–Crippen LogP) is 4.36. The van der Waals surface area contributed by atoms with E-state index in [0.29, 0.717) is 39.7 Å². The fourth-order valence-electron chi connectivity index (χ4n) is 4.28. The number of anilines is 1. The van der Waals surface area contributed by atoms with E-state index in [1.54, 1.807) is 18.2 Å². The summed E-state index contributed by atoms with van der Waals surface area (Å²) in [5.74, 6) is -0.629. The third kappa shape index (κ3) is 5.90. The summed E-state index contributed by atoms with van der Waals surface area (Å²) < 4.78 is 26.5. The van der Waals surface area contributed by atoms with Crippen molar-refractivity contribution in [2.24, 2.45) is 5.73 Å². The molecule has 0 aliphatic heterocycles. The Kier molecular flexibility index (Phi) is 7.45. The van der Waals surface area contributed by atoms with E-state index in [1.165, 1.54) is 11.9 Å². The van der Waals surface area contributed by atoms with E-state index in [-0.39, 0.29) is 18.8 Å². The Morgan fingerprint density at radius 2 is 1.85 bits per heavy atom. The second kappa shape index (κ2) is 9.79. The first-order chi connectivity index (χ1) is 15.4. The van der Waals surface area contributed by atoms with Crippen molar-refractivity contribution in [3.05, 3.63) is 62.6 Å². The quantitative estimate of drug-likeness (QED) is 0.506. The number of aryl methyl sites for hydroxylation is 1. The molecular formula is C22H25Cl2N3O5S. The Balaban J connectivity index is 2.21. The summed E-state index contributed by atoms with van der Waals surface area (Å²) in [5, 5.41) is 10.4. The minimum Gasteiger partial charge on any atom is -0.465 e. The van der Waals surface area contributed by atoms with Crippen LogP contribution >= 0.6 is 23.2 Å². The molecule has 11 heteroatoms. The Bertz CT molecular complexity index is 1200. The molecule has 4 N–H and O–H groups in total. The Morgan fingerprint density at radius 3 is 2.42 bits per heavy atom. The van der Waals surface area contributed by atoms with Gasteiger partial charge < -0.3 is 15.7 Å². The number of nitrogens with zero attached hydrogens (tertiary/aromatic N) is 1. The number of carboxylic acid groups (broad SMARTS) is 1. The number of primary amides is 1. The zero-order valence-electron chi connectivity index (χ0n) is 18.1. The lowest BCUT2D eigenvalue weighted by molar-refractivity contribution is -0.117. The highest BCUT2D eigenvalue weighted by Gasteiger charge is 2.33. The van der Waals surface area contributed by atoms with Gasteiger partial charge in [-0.05, 0) is 59.7 Å². The van der Waals surface area contributed by atoms with Crippen molar-refractivity contribution in [3.8, 4) is 0 Å². The number of benzene rings is 2. The van der Waals surface area contributed by atoms with Gasteiger partial charge in [0.2, 0.25) is 15.9 Å². The maximum atomic E-state index is 12.0. The van der Waals surface area contributed by atoms with Gasteiger partial charge in [0.15, 0.2) is 0 Å². The lowest BCUT2D eigenvalue weighted by Gasteiger charge is -2.37. The molecule has 33 heavy (non-hydrogen) atoms. The van der Waals surface area contributed by atoms with Crippen molar-refractivity contribution in [1.29, 1.82) is 0 Å². The molecule has 2 amide bonds. The van der Waals surface area contributed by atoms with Crippen molar-refractivity contribution in [3.63, 3.8) is 0 Å². The molecule has 0 radical (unpaired) electrons. The van der Waals surface area contributed by atoms with Crippen molar-refractivity contribution in [1.82, 2.24) is 4.90 Å². The average molecular weight is 514 g/mol. The van der Waals surface area contributed by atoms with E-state index in [9.17, 15) is 23.1 Å². The largest absolute Gasteiger partial charge is 0.465 e. The van der Waals surface area contributed by atoms with E-state index in [0.717, 1.165) is 17.4 Å². The second-order valence-corrected chi connectivity index (χ2v) is 10.8. The van der Waals surface area contributed by atoms with Gasteiger partial charge >= 0.3 is 6.09 Å². The third-order valence-electron chi connectivity index (χ3n) is 5.82. The van der Waals surface area contributed by atoms with E-state index < -0.39 is 28.1 Å². The molecule has 0 unspecified atom stereocenters. The van der Waals surface area contributed by atoms with Crippen molar-refractivity contribution in [2.45, 2.75) is 37.6 Å². The lowest BCUT2D eigenvalue weighted by Crippen LogP contribution is -2.33. The first-order valence-electron chi connectivity index (χ1n) is 10.2. The lowest BCUT2D eigenvalue weighted by atomic mass is 9.75. The van der Waals surface area contributed by atoms with E-state index in [4.69, 9.17) is 28.9 Å². The maximum absolute atomic E-state index is 12.0. The smallest absolute Gasteiger partial charge is 0.407 e. The van der Waals surface area contributed by atoms with E-state index in [2.05, 4.69) is 4.72 Å². The van der Waals surface area contributed by atoms with Gasteiger partial charge in [0.1, 0.15) is 0 Å². The number of nitrogens with one attached hydrogen (secondary N) is 1. The average Bonchev–Trinajstić information content (AvgIpc) is 2.71. The van der Waals surface area contributed by atoms with Crippen LogP contribution in [0.25, 0.3) is 0 Å². The molecule has 8 nitrogen and oxygen atoms in total. The fraction of sp³-hybridized carbons (Fsp3) is 0.364. The fourth-order valence-corrected chi connectivity index (χ4v) is 5.17. The highest BCUT2D eigenvalue weighted by molar-refractivity contribution is 7.92. The molecule has 0 saturated carbocycles. The van der Waals surface area contributed by atoms with Gasteiger partial charge in [-0.1, -0.05) is 35.3 Å². The highest BCUT2D eigenvalue weighted by Crippen LogP contribution is 2.46. The second-order valence-electron chi connectivity index (χ2n) is 8.19. The monoisotopic (exact) mass is 513 g/mol. The number of hydrogen-bond donors (Lipinski definition) is 3. The highest BCUT2D eigenvalue weighted by atomic mass is 35.5. The molecule has 1 aliphatic carbocycles. The minimum absolute atomic E-state index is 0.0348. The van der Waals surface area contributed by atoms with Crippen LogP contribution in [-0.4, -0.2) is 43.7 Å². The van der Waals surface area contributed by atoms with Gasteiger partial charge in [0, 0.05) is 19.4 Å². The Morgan fingerprint density at radius 1 is 1.15 bits per heavy atom. The van der Waals surface area contributed by atoms with Crippen molar-refractivity contribution >= 4 is 50.9 Å². The van der Waals surface area contributed by atoms with Gasteiger partial charge in [-0.2, -0.15) is 0 Å². The minimum atomic E-state index is -3.62. The number of carbonyl (C=O) groups is 2. The molecule has 0 spiro atoms. The van der Waals surface area contributed by atoms with Gasteiger partial charge in [-0.25, -0.2) is 13.2 Å². The van der Waals surface area contributed by atoms with Crippen LogP contribution < -0.4 is 10.5 Å². The van der Waals surface area contributed by atoms with E-state index >= 15 is 0 Å². The summed E-state index contributed by atoms with van der Waals surface area (Å²) in [6.07, 6.45) is 1.38. The molecule has 1 aliphatic rings. The molecular weight excluding hydrogens is 489 g/mol. The first-order valence-corrected chi connectivity index (χ1v) is 12.9. The molecule has 2 aromatic rings. The van der Waals surface area contributed by atoms with Crippen LogP contribution in [0.15, 0.2) is 30.3 Å². The molecule has 2 aromatic carbocycles. The molecule has 2 atom stereocenters. The van der Waals surface area contributed by atoms with Gasteiger partial charge in [-0.15, -0.1) is 0 Å². The summed E-state index contributed by atoms with van der Waals surface area (Å²) >= 11 is 12.3. The Hall–Kier alpha value is -2.49. The van der Waals surface area contributed by atoms with Crippen LogP contribution in [0.3, 0.4) is 0 Å². The number of amides is 2. The molecule has 0 heterocycles.